The number of aliphatic hydroxyl groups excluding tert-OH is 1. The number of rotatable bonds is 12. The largest absolute Gasteiger partial charge is 0.497 e. The first-order valence-electron chi connectivity index (χ1n) is 11.5. The van der Waals surface area contributed by atoms with Gasteiger partial charge in [-0.2, -0.15) is 5.10 Å². The minimum Gasteiger partial charge on any atom is -0.497 e. The summed E-state index contributed by atoms with van der Waals surface area (Å²) in [7, 11) is 1.63. The van der Waals surface area contributed by atoms with E-state index in [0.29, 0.717) is 30.8 Å². The van der Waals surface area contributed by atoms with Crippen molar-refractivity contribution in [2.24, 2.45) is 0 Å². The maximum absolute atomic E-state index is 10.5. The molecule has 178 valence electrons. The van der Waals surface area contributed by atoms with E-state index in [1.807, 2.05) is 66.2 Å². The molecule has 0 aliphatic heterocycles. The van der Waals surface area contributed by atoms with E-state index in [9.17, 15) is 5.11 Å². The monoisotopic (exact) mass is 461 g/mol. The van der Waals surface area contributed by atoms with Gasteiger partial charge in [-0.25, -0.2) is 4.68 Å². The average molecular weight is 462 g/mol. The second kappa shape index (κ2) is 11.2. The summed E-state index contributed by atoms with van der Waals surface area (Å²) in [5.41, 5.74) is 2.77. The van der Waals surface area contributed by atoms with Crippen molar-refractivity contribution in [3.63, 3.8) is 0 Å². The molecule has 1 aliphatic carbocycles. The molecule has 7 nitrogen and oxygen atoms in total. The molecule has 0 unspecified atom stereocenters. The Morgan fingerprint density at radius 2 is 1.94 bits per heavy atom. The topological polar surface area (TPSA) is 69.0 Å². The molecule has 0 saturated heterocycles. The van der Waals surface area contributed by atoms with Gasteiger partial charge in [-0.1, -0.05) is 30.2 Å². The van der Waals surface area contributed by atoms with Crippen LogP contribution in [0.3, 0.4) is 0 Å². The van der Waals surface area contributed by atoms with Crippen LogP contribution in [0.15, 0.2) is 54.6 Å². The van der Waals surface area contributed by atoms with Gasteiger partial charge in [-0.05, 0) is 44.0 Å². The highest BCUT2D eigenvalue weighted by Crippen LogP contribution is 2.35. The molecule has 7 heteroatoms. The summed E-state index contributed by atoms with van der Waals surface area (Å²) < 4.78 is 19.0. The van der Waals surface area contributed by atoms with E-state index in [1.54, 1.807) is 7.11 Å². The Kier molecular flexibility index (Phi) is 7.86. The number of hydrogen-bond acceptors (Lipinski definition) is 6. The first-order valence-corrected chi connectivity index (χ1v) is 11.5. The van der Waals surface area contributed by atoms with Crippen LogP contribution >= 0.6 is 0 Å². The van der Waals surface area contributed by atoms with Gasteiger partial charge in [-0.15, -0.1) is 6.42 Å². The third-order valence-corrected chi connectivity index (χ3v) is 5.76. The summed E-state index contributed by atoms with van der Waals surface area (Å²) in [5.74, 6) is 4.47. The lowest BCUT2D eigenvalue weighted by Gasteiger charge is -2.25. The summed E-state index contributed by atoms with van der Waals surface area (Å²) >= 11 is 0. The number of ether oxygens (including phenoxy) is 3. The van der Waals surface area contributed by atoms with Gasteiger partial charge in [0.05, 0.1) is 36.8 Å². The third-order valence-electron chi connectivity index (χ3n) is 5.76. The molecule has 34 heavy (non-hydrogen) atoms. The maximum atomic E-state index is 10.5. The van der Waals surface area contributed by atoms with Gasteiger partial charge < -0.3 is 19.3 Å². The van der Waals surface area contributed by atoms with Crippen LogP contribution < -0.4 is 9.47 Å². The van der Waals surface area contributed by atoms with E-state index in [-0.39, 0.29) is 13.2 Å². The van der Waals surface area contributed by atoms with Crippen LogP contribution in [-0.4, -0.2) is 58.8 Å². The highest BCUT2D eigenvalue weighted by molar-refractivity contribution is 5.44. The Hall–Kier alpha value is -3.31. The van der Waals surface area contributed by atoms with E-state index < -0.39 is 6.10 Å². The van der Waals surface area contributed by atoms with Crippen LogP contribution in [0.4, 0.5) is 0 Å². The molecule has 1 atom stereocenters. The predicted octanol–water partition coefficient (Wildman–Crippen LogP) is 3.96. The quantitative estimate of drug-likeness (QED) is 0.325. The van der Waals surface area contributed by atoms with Crippen LogP contribution in [0.1, 0.15) is 24.1 Å². The summed E-state index contributed by atoms with van der Waals surface area (Å²) in [4.78, 5) is 2.28. The van der Waals surface area contributed by atoms with E-state index in [0.717, 1.165) is 35.5 Å². The van der Waals surface area contributed by atoms with Crippen molar-refractivity contribution in [2.75, 3.05) is 26.9 Å². The molecule has 1 heterocycles. The molecule has 1 fully saturated rings. The lowest BCUT2D eigenvalue weighted by atomic mass is 10.2. The first kappa shape index (κ1) is 23.8. The second-order valence-corrected chi connectivity index (χ2v) is 8.43. The van der Waals surface area contributed by atoms with Crippen LogP contribution in [0.2, 0.25) is 0 Å². The number of hydrogen-bond donors (Lipinski definition) is 1. The van der Waals surface area contributed by atoms with Gasteiger partial charge in [0.1, 0.15) is 18.1 Å². The Morgan fingerprint density at radius 1 is 1.18 bits per heavy atom. The van der Waals surface area contributed by atoms with Gasteiger partial charge in [0, 0.05) is 25.2 Å². The molecule has 0 spiro atoms. The highest BCUT2D eigenvalue weighted by atomic mass is 16.5. The molecule has 1 aliphatic rings. The number of benzene rings is 2. The number of nitrogens with zero attached hydrogens (tertiary/aromatic N) is 3. The Labute approximate surface area is 200 Å². The van der Waals surface area contributed by atoms with Crippen LogP contribution in [0.25, 0.3) is 5.69 Å². The molecule has 1 N–H and O–H groups in total. The first-order chi connectivity index (χ1) is 16.6. The molecular weight excluding hydrogens is 430 g/mol. The molecule has 1 aromatic heterocycles. The molecule has 4 rings (SSSR count). The lowest BCUT2D eigenvalue weighted by molar-refractivity contribution is 0.0240. The fourth-order valence-electron chi connectivity index (χ4n) is 3.91. The zero-order valence-electron chi connectivity index (χ0n) is 19.7. The number of aromatic nitrogens is 2. The van der Waals surface area contributed by atoms with Gasteiger partial charge in [0.15, 0.2) is 0 Å². The Morgan fingerprint density at radius 3 is 2.65 bits per heavy atom. The van der Waals surface area contributed by atoms with Crippen LogP contribution in [-0.2, 0) is 11.3 Å². The van der Waals surface area contributed by atoms with Crippen molar-refractivity contribution in [3.8, 4) is 35.4 Å². The maximum Gasteiger partial charge on any atom is 0.227 e. The number of terminal acetylenes is 1. The predicted molar refractivity (Wildman–Crippen MR) is 130 cm³/mol. The minimum absolute atomic E-state index is 0.196. The fourth-order valence-corrected chi connectivity index (χ4v) is 3.91. The smallest absolute Gasteiger partial charge is 0.227 e. The molecule has 0 radical (unpaired) electrons. The fraction of sp³-hybridized carbons (Fsp3) is 0.370. The molecule has 2 aromatic carbocycles. The summed E-state index contributed by atoms with van der Waals surface area (Å²) in [6, 6.07) is 17.9. The number of aryl methyl sites for hydroxylation is 1. The van der Waals surface area contributed by atoms with Crippen LogP contribution in [0, 0.1) is 19.3 Å². The number of para-hydroxylation sites is 1. The van der Waals surface area contributed by atoms with Crippen molar-refractivity contribution in [2.45, 2.75) is 38.5 Å². The third kappa shape index (κ3) is 5.97. The SMILES string of the molecule is C#CCOC[C@@H](O)CN(Cc1c(C)nn(-c2ccccc2)c1Oc1cccc(OC)c1)C1CC1. The van der Waals surface area contributed by atoms with Crippen molar-refractivity contribution in [3.05, 3.63) is 65.9 Å². The molecular formula is C27H31N3O4. The summed E-state index contributed by atoms with van der Waals surface area (Å²) in [5, 5.41) is 15.3. The van der Waals surface area contributed by atoms with Crippen molar-refractivity contribution < 1.29 is 19.3 Å². The lowest BCUT2D eigenvalue weighted by Crippen LogP contribution is -2.36. The van der Waals surface area contributed by atoms with Crippen LogP contribution in [0.5, 0.6) is 17.4 Å². The number of methoxy groups -OCH3 is 1. The summed E-state index contributed by atoms with van der Waals surface area (Å²) in [6.45, 7) is 3.49. The van der Waals surface area contributed by atoms with E-state index in [1.165, 1.54) is 0 Å². The van der Waals surface area contributed by atoms with Gasteiger partial charge in [0.25, 0.3) is 0 Å². The van der Waals surface area contributed by atoms with Gasteiger partial charge in [0.2, 0.25) is 5.88 Å². The van der Waals surface area contributed by atoms with E-state index in [2.05, 4.69) is 10.8 Å². The Bertz CT molecular complexity index is 1120. The number of aliphatic hydroxyl groups is 1. The second-order valence-electron chi connectivity index (χ2n) is 8.43. The van der Waals surface area contributed by atoms with Crippen molar-refractivity contribution in [1.82, 2.24) is 14.7 Å². The standard InChI is InChI=1S/C27H31N3O4/c1-4-15-33-19-23(31)17-29(21-13-14-21)18-26-20(2)28-30(22-9-6-5-7-10-22)27(26)34-25-12-8-11-24(16-25)32-3/h1,5-12,16,21,23,31H,13-15,17-19H2,2-3H3/t23-/m0/s1. The molecule has 3 aromatic rings. The normalized spacial score (nSPS) is 14.1. The molecule has 0 bridgehead atoms. The van der Waals surface area contributed by atoms with E-state index >= 15 is 0 Å². The summed E-state index contributed by atoms with van der Waals surface area (Å²) in [6.07, 6.45) is 6.83. The Balaban J connectivity index is 1.64. The van der Waals surface area contributed by atoms with Gasteiger partial charge >= 0.3 is 0 Å². The highest BCUT2D eigenvalue weighted by Gasteiger charge is 2.32. The van der Waals surface area contributed by atoms with E-state index in [4.69, 9.17) is 25.7 Å². The zero-order chi connectivity index (χ0) is 23.9. The average Bonchev–Trinajstić information content (AvgIpc) is 3.66. The minimum atomic E-state index is -0.624. The van der Waals surface area contributed by atoms with Crippen molar-refractivity contribution in [1.29, 1.82) is 0 Å². The molecule has 0 amide bonds. The van der Waals surface area contributed by atoms with Crippen molar-refractivity contribution >= 4 is 0 Å². The van der Waals surface area contributed by atoms with Gasteiger partial charge in [-0.3, -0.25) is 4.90 Å². The zero-order valence-corrected chi connectivity index (χ0v) is 19.7. The molecule has 1 saturated carbocycles.